The summed E-state index contributed by atoms with van der Waals surface area (Å²) < 4.78 is 10.6. The van der Waals surface area contributed by atoms with Gasteiger partial charge in [0, 0.05) is 39.8 Å². The minimum absolute atomic E-state index is 0.232. The summed E-state index contributed by atoms with van der Waals surface area (Å²) in [4.78, 5) is 2.21. The van der Waals surface area contributed by atoms with Gasteiger partial charge in [-0.25, -0.2) is 0 Å². The minimum Gasteiger partial charge on any atom is -0.388 e. The predicted octanol–water partition coefficient (Wildman–Crippen LogP) is 0.933. The second kappa shape index (κ2) is 10.5. The Morgan fingerprint density at radius 1 is 1.24 bits per heavy atom. The zero-order valence-corrected chi connectivity index (χ0v) is 11.4. The fourth-order valence-corrected chi connectivity index (χ4v) is 1.35. The van der Waals surface area contributed by atoms with E-state index in [1.807, 2.05) is 0 Å². The number of nitrogens with zero attached hydrogens (tertiary/aromatic N) is 1. The molecule has 0 radical (unpaired) electrons. The normalized spacial score (nSPS) is 11.4. The lowest BCUT2D eigenvalue weighted by Crippen LogP contribution is -2.34. The molecule has 0 amide bonds. The van der Waals surface area contributed by atoms with Gasteiger partial charge >= 0.3 is 0 Å². The van der Waals surface area contributed by atoms with Crippen molar-refractivity contribution in [2.24, 2.45) is 11.7 Å². The third-order valence-corrected chi connectivity index (χ3v) is 2.31. The van der Waals surface area contributed by atoms with Crippen LogP contribution in [-0.2, 0) is 9.47 Å². The van der Waals surface area contributed by atoms with Crippen molar-refractivity contribution in [3.8, 4) is 0 Å². The number of nitrogens with one attached hydrogen (secondary N) is 1. The Morgan fingerprint density at radius 3 is 2.41 bits per heavy atom. The summed E-state index contributed by atoms with van der Waals surface area (Å²) in [5, 5.41) is 7.22. The molecule has 0 aliphatic heterocycles. The van der Waals surface area contributed by atoms with E-state index in [9.17, 15) is 0 Å². The molecule has 0 aromatic rings. The van der Waals surface area contributed by atoms with Crippen LogP contribution in [-0.4, -0.2) is 57.3 Å². The monoisotopic (exact) mass is 245 g/mol. The first kappa shape index (κ1) is 16.4. The molecular weight excluding hydrogens is 218 g/mol. The van der Waals surface area contributed by atoms with Crippen LogP contribution in [0.25, 0.3) is 0 Å². The first-order valence-corrected chi connectivity index (χ1v) is 6.18. The van der Waals surface area contributed by atoms with Crippen molar-refractivity contribution in [1.29, 1.82) is 5.41 Å². The molecule has 0 spiro atoms. The molecule has 0 heterocycles. The Morgan fingerprint density at radius 2 is 1.88 bits per heavy atom. The van der Waals surface area contributed by atoms with Gasteiger partial charge in [0.05, 0.1) is 19.0 Å². The zero-order chi connectivity index (χ0) is 13.1. The fraction of sp³-hybridized carbons (Fsp3) is 0.917. The van der Waals surface area contributed by atoms with Crippen LogP contribution in [0.5, 0.6) is 0 Å². The molecular formula is C12H27N3O2. The highest BCUT2D eigenvalue weighted by Gasteiger charge is 2.05. The highest BCUT2D eigenvalue weighted by Crippen LogP contribution is 1.95. The van der Waals surface area contributed by atoms with Crippen LogP contribution < -0.4 is 5.73 Å². The molecule has 5 heteroatoms. The lowest BCUT2D eigenvalue weighted by Gasteiger charge is -2.21. The van der Waals surface area contributed by atoms with Gasteiger partial charge in [0.2, 0.25) is 0 Å². The van der Waals surface area contributed by atoms with Crippen LogP contribution in [0, 0.1) is 11.3 Å². The standard InChI is InChI=1S/C12H27N3O2/c1-11(2)10-17-9-7-15(6-8-16-3)5-4-12(13)14/h11H,4-10H2,1-3H3,(H3,13,14). The van der Waals surface area contributed by atoms with E-state index in [1.165, 1.54) is 0 Å². The van der Waals surface area contributed by atoms with E-state index < -0.39 is 0 Å². The molecule has 0 unspecified atom stereocenters. The summed E-state index contributed by atoms with van der Waals surface area (Å²) in [6.45, 7) is 9.01. The van der Waals surface area contributed by atoms with E-state index in [4.69, 9.17) is 20.6 Å². The third-order valence-electron chi connectivity index (χ3n) is 2.31. The maximum Gasteiger partial charge on any atom is 0.0918 e. The average molecular weight is 245 g/mol. The minimum atomic E-state index is 0.232. The van der Waals surface area contributed by atoms with Gasteiger partial charge < -0.3 is 15.2 Å². The molecule has 17 heavy (non-hydrogen) atoms. The van der Waals surface area contributed by atoms with Crippen LogP contribution in [0.2, 0.25) is 0 Å². The highest BCUT2D eigenvalue weighted by atomic mass is 16.5. The second-order valence-corrected chi connectivity index (χ2v) is 4.58. The van der Waals surface area contributed by atoms with Gasteiger partial charge in [-0.05, 0) is 5.92 Å². The molecule has 0 aromatic heterocycles. The van der Waals surface area contributed by atoms with Crippen molar-refractivity contribution >= 4 is 5.84 Å². The number of methoxy groups -OCH3 is 1. The average Bonchev–Trinajstić information content (AvgIpc) is 2.26. The molecule has 5 nitrogen and oxygen atoms in total. The molecule has 0 aliphatic rings. The lowest BCUT2D eigenvalue weighted by molar-refractivity contribution is 0.0756. The van der Waals surface area contributed by atoms with Crippen molar-refractivity contribution in [3.63, 3.8) is 0 Å². The van der Waals surface area contributed by atoms with Gasteiger partial charge in [0.25, 0.3) is 0 Å². The number of hydrogen-bond donors (Lipinski definition) is 2. The first-order chi connectivity index (χ1) is 8.06. The summed E-state index contributed by atoms with van der Waals surface area (Å²) in [5.41, 5.74) is 5.36. The maximum atomic E-state index is 7.22. The van der Waals surface area contributed by atoms with Crippen molar-refractivity contribution in [2.45, 2.75) is 20.3 Å². The van der Waals surface area contributed by atoms with Crippen LogP contribution in [0.4, 0.5) is 0 Å². The van der Waals surface area contributed by atoms with Crippen LogP contribution in [0.1, 0.15) is 20.3 Å². The van der Waals surface area contributed by atoms with E-state index in [-0.39, 0.29) is 5.84 Å². The van der Waals surface area contributed by atoms with Crippen LogP contribution >= 0.6 is 0 Å². The molecule has 0 rings (SSSR count). The zero-order valence-electron chi connectivity index (χ0n) is 11.4. The second-order valence-electron chi connectivity index (χ2n) is 4.58. The van der Waals surface area contributed by atoms with Gasteiger partial charge in [0.1, 0.15) is 0 Å². The number of ether oxygens (including phenoxy) is 2. The van der Waals surface area contributed by atoms with E-state index in [1.54, 1.807) is 7.11 Å². The Bertz CT molecular complexity index is 198. The summed E-state index contributed by atoms with van der Waals surface area (Å²) in [7, 11) is 1.69. The quantitative estimate of drug-likeness (QED) is 0.323. The largest absolute Gasteiger partial charge is 0.388 e. The van der Waals surface area contributed by atoms with Crippen molar-refractivity contribution in [2.75, 3.05) is 46.6 Å². The number of rotatable bonds is 11. The molecule has 0 aliphatic carbocycles. The van der Waals surface area contributed by atoms with Crippen LogP contribution in [0.15, 0.2) is 0 Å². The van der Waals surface area contributed by atoms with Gasteiger partial charge in [-0.15, -0.1) is 0 Å². The predicted molar refractivity (Wildman–Crippen MR) is 70.5 cm³/mol. The summed E-state index contributed by atoms with van der Waals surface area (Å²) >= 11 is 0. The van der Waals surface area contributed by atoms with E-state index >= 15 is 0 Å². The van der Waals surface area contributed by atoms with Crippen molar-refractivity contribution < 1.29 is 9.47 Å². The molecule has 102 valence electrons. The molecule has 0 atom stereocenters. The lowest BCUT2D eigenvalue weighted by atomic mass is 10.2. The smallest absolute Gasteiger partial charge is 0.0918 e. The summed E-state index contributed by atoms with van der Waals surface area (Å²) in [6, 6.07) is 0. The molecule has 0 bridgehead atoms. The van der Waals surface area contributed by atoms with E-state index in [0.717, 1.165) is 32.8 Å². The topological polar surface area (TPSA) is 71.6 Å². The molecule has 0 saturated heterocycles. The third kappa shape index (κ3) is 11.6. The van der Waals surface area contributed by atoms with Gasteiger partial charge in [-0.2, -0.15) is 0 Å². The van der Waals surface area contributed by atoms with Gasteiger partial charge in [-0.1, -0.05) is 13.8 Å². The SMILES string of the molecule is COCCN(CCOCC(C)C)CCC(=N)N. The Kier molecular flexibility index (Phi) is 10.1. The first-order valence-electron chi connectivity index (χ1n) is 6.18. The Labute approximate surface area is 105 Å². The molecule has 0 aromatic carbocycles. The Balaban J connectivity index is 3.72. The molecule has 0 saturated carbocycles. The van der Waals surface area contributed by atoms with Gasteiger partial charge in [-0.3, -0.25) is 10.3 Å². The summed E-state index contributed by atoms with van der Waals surface area (Å²) in [5.74, 6) is 0.801. The van der Waals surface area contributed by atoms with Crippen molar-refractivity contribution in [3.05, 3.63) is 0 Å². The van der Waals surface area contributed by atoms with E-state index in [2.05, 4.69) is 18.7 Å². The van der Waals surface area contributed by atoms with Crippen molar-refractivity contribution in [1.82, 2.24) is 4.90 Å². The van der Waals surface area contributed by atoms with Crippen LogP contribution in [0.3, 0.4) is 0 Å². The number of hydrogen-bond acceptors (Lipinski definition) is 4. The number of amidine groups is 1. The summed E-state index contributed by atoms with van der Waals surface area (Å²) in [6.07, 6.45) is 0.605. The molecule has 3 N–H and O–H groups in total. The maximum absolute atomic E-state index is 7.22. The molecule has 0 fully saturated rings. The number of nitrogens with two attached hydrogens (primary N) is 1. The van der Waals surface area contributed by atoms with Gasteiger partial charge in [0.15, 0.2) is 0 Å². The fourth-order valence-electron chi connectivity index (χ4n) is 1.35. The van der Waals surface area contributed by atoms with E-state index in [0.29, 0.717) is 18.9 Å². The highest BCUT2D eigenvalue weighted by molar-refractivity contribution is 5.76. The Hall–Kier alpha value is -0.650.